The van der Waals surface area contributed by atoms with Crippen LogP contribution in [0.15, 0.2) is 30.3 Å². The van der Waals surface area contributed by atoms with E-state index in [2.05, 4.69) is 23.5 Å². The highest BCUT2D eigenvalue weighted by Gasteiger charge is 1.88. The van der Waals surface area contributed by atoms with Crippen LogP contribution >= 0.6 is 0 Å². The quantitative estimate of drug-likeness (QED) is 0.731. The summed E-state index contributed by atoms with van der Waals surface area (Å²) >= 11 is 0. The van der Waals surface area contributed by atoms with E-state index in [1.165, 1.54) is 0 Å². The van der Waals surface area contributed by atoms with Gasteiger partial charge in [0.1, 0.15) is 0 Å². The molecule has 0 aliphatic rings. The first-order chi connectivity index (χ1) is 6.86. The van der Waals surface area contributed by atoms with Crippen LogP contribution in [0, 0.1) is 11.3 Å². The lowest BCUT2D eigenvalue weighted by molar-refractivity contribution is 0.809. The van der Waals surface area contributed by atoms with Crippen molar-refractivity contribution in [2.24, 2.45) is 0 Å². The number of hydrogen-bond acceptors (Lipinski definition) is 2. The van der Waals surface area contributed by atoms with Gasteiger partial charge in [-0.1, -0.05) is 24.3 Å². The lowest BCUT2D eigenvalue weighted by Gasteiger charge is -1.94. The summed E-state index contributed by atoms with van der Waals surface area (Å²) in [7, 11) is 1.94. The minimum absolute atomic E-state index is 0.706. The summed E-state index contributed by atoms with van der Waals surface area (Å²) < 4.78 is 0. The van der Waals surface area contributed by atoms with Crippen LogP contribution in [-0.4, -0.2) is 13.6 Å². The molecule has 0 aromatic heterocycles. The molecule has 0 bridgehead atoms. The number of rotatable bonds is 4. The van der Waals surface area contributed by atoms with E-state index in [-0.39, 0.29) is 0 Å². The van der Waals surface area contributed by atoms with Crippen molar-refractivity contribution < 1.29 is 0 Å². The van der Waals surface area contributed by atoms with Crippen LogP contribution < -0.4 is 5.32 Å². The molecule has 0 saturated carbocycles. The van der Waals surface area contributed by atoms with Gasteiger partial charge in [-0.05, 0) is 37.7 Å². The zero-order valence-corrected chi connectivity index (χ0v) is 8.33. The lowest BCUT2D eigenvalue weighted by Crippen LogP contribution is -2.05. The second kappa shape index (κ2) is 5.95. The van der Waals surface area contributed by atoms with Gasteiger partial charge in [-0.25, -0.2) is 0 Å². The molecule has 0 aliphatic heterocycles. The molecule has 1 aromatic carbocycles. The van der Waals surface area contributed by atoms with Crippen molar-refractivity contribution in [1.82, 2.24) is 5.32 Å². The van der Waals surface area contributed by atoms with Gasteiger partial charge in [0.25, 0.3) is 0 Å². The van der Waals surface area contributed by atoms with Crippen LogP contribution in [0.2, 0.25) is 0 Å². The van der Waals surface area contributed by atoms with Crippen molar-refractivity contribution >= 4 is 6.08 Å². The van der Waals surface area contributed by atoms with Crippen molar-refractivity contribution in [2.75, 3.05) is 13.6 Å². The molecule has 0 saturated heterocycles. The van der Waals surface area contributed by atoms with Crippen LogP contribution in [0.4, 0.5) is 0 Å². The van der Waals surface area contributed by atoms with E-state index < -0.39 is 0 Å². The first-order valence-corrected chi connectivity index (χ1v) is 4.68. The summed E-state index contributed by atoms with van der Waals surface area (Å²) in [5.74, 6) is 0. The van der Waals surface area contributed by atoms with Gasteiger partial charge >= 0.3 is 0 Å². The van der Waals surface area contributed by atoms with Crippen LogP contribution in [0.5, 0.6) is 0 Å². The highest BCUT2D eigenvalue weighted by Crippen LogP contribution is 2.05. The van der Waals surface area contributed by atoms with Crippen LogP contribution in [-0.2, 0) is 0 Å². The Morgan fingerprint density at radius 2 is 2.07 bits per heavy atom. The molecule has 2 heteroatoms. The fraction of sp³-hybridized carbons (Fsp3) is 0.250. The Balaban J connectivity index is 2.52. The standard InChI is InChI=1S/C12H14N2/c1-14-9-3-2-4-11-5-7-12(10-13)8-6-11/h2,4-8,14H,3,9H2,1H3. The largest absolute Gasteiger partial charge is 0.319 e. The Labute approximate surface area is 84.9 Å². The summed E-state index contributed by atoms with van der Waals surface area (Å²) in [5, 5.41) is 11.7. The van der Waals surface area contributed by atoms with Crippen LogP contribution in [0.25, 0.3) is 6.08 Å². The monoisotopic (exact) mass is 186 g/mol. The smallest absolute Gasteiger partial charge is 0.0991 e. The molecule has 0 spiro atoms. The van der Waals surface area contributed by atoms with E-state index in [4.69, 9.17) is 5.26 Å². The molecule has 72 valence electrons. The molecule has 0 heterocycles. The van der Waals surface area contributed by atoms with Crippen molar-refractivity contribution in [3.8, 4) is 6.07 Å². The minimum atomic E-state index is 0.706. The van der Waals surface area contributed by atoms with Gasteiger partial charge in [-0.15, -0.1) is 0 Å². The molecule has 1 N–H and O–H groups in total. The summed E-state index contributed by atoms with van der Waals surface area (Å²) in [6.45, 7) is 0.993. The fourth-order valence-corrected chi connectivity index (χ4v) is 1.12. The average molecular weight is 186 g/mol. The SMILES string of the molecule is CNCCC=Cc1ccc(C#N)cc1. The third kappa shape index (κ3) is 3.42. The van der Waals surface area contributed by atoms with E-state index in [1.807, 2.05) is 31.3 Å². The normalized spacial score (nSPS) is 10.3. The maximum Gasteiger partial charge on any atom is 0.0991 e. The Morgan fingerprint density at radius 3 is 2.64 bits per heavy atom. The third-order valence-corrected chi connectivity index (χ3v) is 1.91. The maximum absolute atomic E-state index is 8.60. The summed E-state index contributed by atoms with van der Waals surface area (Å²) in [6, 6.07) is 9.66. The predicted molar refractivity (Wildman–Crippen MR) is 58.7 cm³/mol. The molecule has 0 radical (unpaired) electrons. The van der Waals surface area contributed by atoms with E-state index in [0.29, 0.717) is 5.56 Å². The molecular formula is C12H14N2. The number of nitriles is 1. The van der Waals surface area contributed by atoms with Crippen LogP contribution in [0.3, 0.4) is 0 Å². The van der Waals surface area contributed by atoms with Gasteiger partial charge in [-0.2, -0.15) is 5.26 Å². The molecule has 0 aliphatic carbocycles. The highest BCUT2D eigenvalue weighted by molar-refractivity contribution is 5.50. The summed E-state index contributed by atoms with van der Waals surface area (Å²) in [6.07, 6.45) is 5.22. The molecule has 0 unspecified atom stereocenters. The van der Waals surface area contributed by atoms with Gasteiger partial charge in [0.2, 0.25) is 0 Å². The van der Waals surface area contributed by atoms with Gasteiger partial charge in [0.15, 0.2) is 0 Å². The summed E-state index contributed by atoms with van der Waals surface area (Å²) in [5.41, 5.74) is 1.84. The molecule has 2 nitrogen and oxygen atoms in total. The van der Waals surface area contributed by atoms with Gasteiger partial charge in [-0.3, -0.25) is 0 Å². The number of hydrogen-bond donors (Lipinski definition) is 1. The molecule has 1 rings (SSSR count). The molecule has 1 aromatic rings. The van der Waals surface area contributed by atoms with E-state index in [9.17, 15) is 0 Å². The zero-order chi connectivity index (χ0) is 10.2. The van der Waals surface area contributed by atoms with Gasteiger partial charge in [0.05, 0.1) is 11.6 Å². The van der Waals surface area contributed by atoms with Crippen molar-refractivity contribution in [2.45, 2.75) is 6.42 Å². The lowest BCUT2D eigenvalue weighted by atomic mass is 10.1. The molecule has 0 fully saturated rings. The van der Waals surface area contributed by atoms with Crippen LogP contribution in [0.1, 0.15) is 17.5 Å². The zero-order valence-electron chi connectivity index (χ0n) is 8.33. The topological polar surface area (TPSA) is 35.8 Å². The summed E-state index contributed by atoms with van der Waals surface area (Å²) in [4.78, 5) is 0. The molecule has 0 atom stereocenters. The first kappa shape index (κ1) is 10.5. The molecule has 0 amide bonds. The predicted octanol–water partition coefficient (Wildman–Crippen LogP) is 2.18. The average Bonchev–Trinajstić information content (AvgIpc) is 2.25. The van der Waals surface area contributed by atoms with Crippen molar-refractivity contribution in [3.63, 3.8) is 0 Å². The number of benzene rings is 1. The maximum atomic E-state index is 8.60. The van der Waals surface area contributed by atoms with E-state index in [1.54, 1.807) is 0 Å². The third-order valence-electron chi connectivity index (χ3n) is 1.91. The Kier molecular flexibility index (Phi) is 4.46. The van der Waals surface area contributed by atoms with Gasteiger partial charge < -0.3 is 5.32 Å². The minimum Gasteiger partial charge on any atom is -0.319 e. The molecule has 14 heavy (non-hydrogen) atoms. The van der Waals surface area contributed by atoms with Crippen molar-refractivity contribution in [1.29, 1.82) is 5.26 Å². The Morgan fingerprint density at radius 1 is 1.36 bits per heavy atom. The Bertz CT molecular complexity index is 330. The van der Waals surface area contributed by atoms with E-state index in [0.717, 1.165) is 18.5 Å². The second-order valence-corrected chi connectivity index (χ2v) is 3.03. The first-order valence-electron chi connectivity index (χ1n) is 4.68. The Hall–Kier alpha value is -1.59. The highest BCUT2D eigenvalue weighted by atomic mass is 14.8. The molecular weight excluding hydrogens is 172 g/mol. The van der Waals surface area contributed by atoms with Gasteiger partial charge in [0, 0.05) is 0 Å². The number of nitrogens with zero attached hydrogens (tertiary/aromatic N) is 1. The number of nitrogens with one attached hydrogen (secondary N) is 1. The second-order valence-electron chi connectivity index (χ2n) is 3.03. The van der Waals surface area contributed by atoms with Crippen molar-refractivity contribution in [3.05, 3.63) is 41.5 Å². The fourth-order valence-electron chi connectivity index (χ4n) is 1.12. The van der Waals surface area contributed by atoms with E-state index >= 15 is 0 Å².